The topological polar surface area (TPSA) is 74.8 Å². The highest BCUT2D eigenvalue weighted by Gasteiger charge is 2.29. The van der Waals surface area contributed by atoms with Crippen molar-refractivity contribution in [3.8, 4) is 0 Å². The third-order valence-electron chi connectivity index (χ3n) is 4.04. The van der Waals surface area contributed by atoms with E-state index in [1.165, 1.54) is 0 Å². The summed E-state index contributed by atoms with van der Waals surface area (Å²) < 4.78 is 0. The molecule has 0 saturated carbocycles. The first-order chi connectivity index (χ1) is 11.2. The molecule has 1 unspecified atom stereocenters. The van der Waals surface area contributed by atoms with Crippen LogP contribution in [0.25, 0.3) is 0 Å². The summed E-state index contributed by atoms with van der Waals surface area (Å²) in [7, 11) is 0. The van der Waals surface area contributed by atoms with E-state index in [0.29, 0.717) is 11.3 Å². The van der Waals surface area contributed by atoms with Crippen LogP contribution in [0.4, 0.5) is 0 Å². The summed E-state index contributed by atoms with van der Waals surface area (Å²) in [5, 5.41) is 10.0. The maximum atomic E-state index is 12.5. The van der Waals surface area contributed by atoms with Crippen LogP contribution in [0.2, 0.25) is 0 Å². The van der Waals surface area contributed by atoms with Crippen molar-refractivity contribution in [2.45, 2.75) is 47.1 Å². The fourth-order valence-corrected chi connectivity index (χ4v) is 2.57. The summed E-state index contributed by atoms with van der Waals surface area (Å²) in [5.41, 5.74) is 2.77. The Bertz CT molecular complexity index is 724. The van der Waals surface area contributed by atoms with Gasteiger partial charge in [0.25, 0.3) is 5.91 Å². The summed E-state index contributed by atoms with van der Waals surface area (Å²) in [6.45, 7) is 9.75. The van der Waals surface area contributed by atoms with Crippen molar-refractivity contribution >= 4 is 11.7 Å². The van der Waals surface area contributed by atoms with E-state index in [1.54, 1.807) is 25.1 Å². The second kappa shape index (κ2) is 6.99. The molecule has 1 heterocycles. The van der Waals surface area contributed by atoms with Gasteiger partial charge in [-0.3, -0.25) is 14.7 Å². The van der Waals surface area contributed by atoms with Gasteiger partial charge in [-0.15, -0.1) is 0 Å². The monoisotopic (exact) mass is 327 g/mol. The van der Waals surface area contributed by atoms with Gasteiger partial charge in [0.2, 0.25) is 0 Å². The maximum Gasteiger partial charge on any atom is 0.272 e. The second-order valence-electron chi connectivity index (χ2n) is 7.08. The molecule has 1 aromatic carbocycles. The number of aromatic nitrogens is 2. The second-order valence-corrected chi connectivity index (χ2v) is 7.08. The Hall–Kier alpha value is -2.43. The van der Waals surface area contributed by atoms with Crippen LogP contribution in [0.1, 0.15) is 72.8 Å². The van der Waals surface area contributed by atoms with Crippen LogP contribution in [0.15, 0.2) is 30.3 Å². The van der Waals surface area contributed by atoms with Crippen molar-refractivity contribution < 1.29 is 9.59 Å². The molecule has 1 amide bonds. The minimum atomic E-state index is -0.207. The van der Waals surface area contributed by atoms with Crippen LogP contribution < -0.4 is 5.32 Å². The maximum absolute atomic E-state index is 12.5. The average Bonchev–Trinajstić information content (AvgIpc) is 3.00. The number of aryl methyl sites for hydroxylation is 1. The molecular weight excluding hydrogens is 302 g/mol. The minimum absolute atomic E-state index is 0.0292. The van der Waals surface area contributed by atoms with Crippen LogP contribution in [0, 0.1) is 5.41 Å². The standard InChI is InChI=1S/C19H25N3O2/c1-6-15-11-16(22-21-15)18(24)20-17(19(3,4)5)14-9-7-13(8-10-14)12(2)23/h7-11,17H,6H2,1-5H3,(H,20,24)(H,21,22). The molecule has 0 aliphatic heterocycles. The molecule has 0 spiro atoms. The number of rotatable bonds is 5. The largest absolute Gasteiger partial charge is 0.343 e. The number of hydrogen-bond acceptors (Lipinski definition) is 3. The van der Waals surface area contributed by atoms with Gasteiger partial charge in [-0.2, -0.15) is 5.10 Å². The Labute approximate surface area is 142 Å². The lowest BCUT2D eigenvalue weighted by atomic mass is 9.82. The lowest BCUT2D eigenvalue weighted by Gasteiger charge is -2.31. The molecule has 2 N–H and O–H groups in total. The predicted molar refractivity (Wildman–Crippen MR) is 94.1 cm³/mol. The number of hydrogen-bond donors (Lipinski definition) is 2. The van der Waals surface area contributed by atoms with Gasteiger partial charge in [-0.25, -0.2) is 0 Å². The SMILES string of the molecule is CCc1cc(C(=O)NC(c2ccc(C(C)=O)cc2)C(C)(C)C)n[nH]1. The van der Waals surface area contributed by atoms with E-state index >= 15 is 0 Å². The molecule has 1 aromatic heterocycles. The first kappa shape index (κ1) is 17.9. The van der Waals surface area contributed by atoms with Crippen LogP contribution in [0.5, 0.6) is 0 Å². The molecule has 0 saturated heterocycles. The molecule has 2 aromatic rings. The van der Waals surface area contributed by atoms with Crippen molar-refractivity contribution in [1.29, 1.82) is 0 Å². The molecule has 2 rings (SSSR count). The van der Waals surface area contributed by atoms with Crippen molar-refractivity contribution in [2.75, 3.05) is 0 Å². The molecule has 0 aliphatic rings. The zero-order chi connectivity index (χ0) is 17.9. The number of amides is 1. The summed E-state index contributed by atoms with van der Waals surface area (Å²) in [6.07, 6.45) is 0.801. The molecule has 0 bridgehead atoms. The van der Waals surface area contributed by atoms with Crippen LogP contribution in [-0.2, 0) is 6.42 Å². The summed E-state index contributed by atoms with van der Waals surface area (Å²) in [6, 6.07) is 8.98. The highest BCUT2D eigenvalue weighted by molar-refractivity contribution is 5.94. The van der Waals surface area contributed by atoms with Gasteiger partial charge >= 0.3 is 0 Å². The van der Waals surface area contributed by atoms with E-state index in [-0.39, 0.29) is 23.1 Å². The van der Waals surface area contributed by atoms with E-state index in [2.05, 4.69) is 36.3 Å². The number of Topliss-reactive ketones (excluding diaryl/α,β-unsaturated/α-hetero) is 1. The molecule has 0 radical (unpaired) electrons. The molecule has 0 aliphatic carbocycles. The number of carbonyl (C=O) groups excluding carboxylic acids is 2. The number of nitrogens with zero attached hydrogens (tertiary/aromatic N) is 1. The van der Waals surface area contributed by atoms with E-state index < -0.39 is 0 Å². The molecule has 0 fully saturated rings. The van der Waals surface area contributed by atoms with Crippen molar-refractivity contribution in [3.05, 3.63) is 52.8 Å². The van der Waals surface area contributed by atoms with Crippen molar-refractivity contribution in [1.82, 2.24) is 15.5 Å². The lowest BCUT2D eigenvalue weighted by molar-refractivity contribution is 0.0895. The van der Waals surface area contributed by atoms with Gasteiger partial charge in [-0.1, -0.05) is 52.0 Å². The summed E-state index contributed by atoms with van der Waals surface area (Å²) >= 11 is 0. The third-order valence-corrected chi connectivity index (χ3v) is 4.04. The van der Waals surface area contributed by atoms with Gasteiger partial charge in [0.15, 0.2) is 5.78 Å². The predicted octanol–water partition coefficient (Wildman–Crippen LogP) is 3.69. The van der Waals surface area contributed by atoms with E-state index in [0.717, 1.165) is 17.7 Å². The molecule has 5 heteroatoms. The van der Waals surface area contributed by atoms with Crippen LogP contribution >= 0.6 is 0 Å². The normalized spacial score (nSPS) is 12.7. The van der Waals surface area contributed by atoms with Gasteiger partial charge in [0.1, 0.15) is 5.69 Å². The van der Waals surface area contributed by atoms with Gasteiger partial charge < -0.3 is 5.32 Å². The lowest BCUT2D eigenvalue weighted by Crippen LogP contribution is -2.36. The van der Waals surface area contributed by atoms with E-state index in [9.17, 15) is 9.59 Å². The summed E-state index contributed by atoms with van der Waals surface area (Å²) in [5.74, 6) is -0.178. The third kappa shape index (κ3) is 4.10. The number of aromatic amines is 1. The van der Waals surface area contributed by atoms with E-state index in [1.807, 2.05) is 19.1 Å². The first-order valence-corrected chi connectivity index (χ1v) is 8.18. The average molecular weight is 327 g/mol. The zero-order valence-electron chi connectivity index (χ0n) is 14.9. The smallest absolute Gasteiger partial charge is 0.272 e. The first-order valence-electron chi connectivity index (χ1n) is 8.18. The highest BCUT2D eigenvalue weighted by atomic mass is 16.2. The van der Waals surface area contributed by atoms with Crippen LogP contribution in [0.3, 0.4) is 0 Å². The summed E-state index contributed by atoms with van der Waals surface area (Å²) in [4.78, 5) is 24.0. The molecule has 5 nitrogen and oxygen atoms in total. The Kier molecular flexibility index (Phi) is 5.22. The molecule has 1 atom stereocenters. The van der Waals surface area contributed by atoms with Gasteiger partial charge in [0.05, 0.1) is 6.04 Å². The van der Waals surface area contributed by atoms with Crippen LogP contribution in [-0.4, -0.2) is 21.9 Å². The zero-order valence-corrected chi connectivity index (χ0v) is 14.9. The van der Waals surface area contributed by atoms with Gasteiger partial charge in [0, 0.05) is 11.3 Å². The van der Waals surface area contributed by atoms with Gasteiger partial charge in [-0.05, 0) is 30.4 Å². The fourth-order valence-electron chi connectivity index (χ4n) is 2.57. The highest BCUT2D eigenvalue weighted by Crippen LogP contribution is 2.33. The molecular formula is C19H25N3O2. The Morgan fingerprint density at radius 1 is 1.21 bits per heavy atom. The number of carbonyl (C=O) groups is 2. The van der Waals surface area contributed by atoms with Crippen molar-refractivity contribution in [3.63, 3.8) is 0 Å². The quantitative estimate of drug-likeness (QED) is 0.822. The fraction of sp³-hybridized carbons (Fsp3) is 0.421. The number of ketones is 1. The van der Waals surface area contributed by atoms with Crippen molar-refractivity contribution in [2.24, 2.45) is 5.41 Å². The van der Waals surface area contributed by atoms with E-state index in [4.69, 9.17) is 0 Å². The number of benzene rings is 1. The number of nitrogens with one attached hydrogen (secondary N) is 2. The Balaban J connectivity index is 2.25. The Morgan fingerprint density at radius 2 is 1.83 bits per heavy atom. The Morgan fingerprint density at radius 3 is 2.29 bits per heavy atom. The molecule has 24 heavy (non-hydrogen) atoms. The molecule has 128 valence electrons. The minimum Gasteiger partial charge on any atom is -0.343 e. The number of H-pyrrole nitrogens is 1.